The Bertz CT molecular complexity index is 37.3. The van der Waals surface area contributed by atoms with Crippen molar-refractivity contribution < 1.29 is 19.5 Å². The van der Waals surface area contributed by atoms with E-state index in [1.165, 1.54) is 6.92 Å². The molecule has 0 fully saturated rings. The van der Waals surface area contributed by atoms with E-state index in [1.807, 2.05) is 6.79 Å². The molecular weight excluding hydrogens is 112 g/mol. The van der Waals surface area contributed by atoms with Crippen molar-refractivity contribution in [2.24, 2.45) is 0 Å². The molecule has 4 heteroatoms. The Kier molecular flexibility index (Phi) is 406. The average molecular weight is 120 g/mol. The van der Waals surface area contributed by atoms with Gasteiger partial charge in [0.1, 0.15) is 13.1 Å². The van der Waals surface area contributed by atoms with Crippen LogP contribution >= 0.6 is 0 Å². The van der Waals surface area contributed by atoms with E-state index in [2.05, 4.69) is 0 Å². The Morgan fingerprint density at radius 2 is 1.38 bits per heavy atom. The molecular formula is C4H8O4. The van der Waals surface area contributed by atoms with Crippen LogP contribution in [-0.4, -0.2) is 24.7 Å². The molecule has 48 valence electrons. The van der Waals surface area contributed by atoms with Gasteiger partial charge in [-0.2, -0.15) is 0 Å². The number of hydrogen-bond donors (Lipinski definition) is 1. The summed E-state index contributed by atoms with van der Waals surface area (Å²) in [6.45, 7) is 3.19. The normalized spacial score (nSPS) is 3.62. The van der Waals surface area contributed by atoms with Crippen molar-refractivity contribution in [3.8, 4) is 0 Å². The molecule has 0 heterocycles. The third-order valence-corrected chi connectivity index (χ3v) is 0. The third kappa shape index (κ3) is 49.3. The van der Waals surface area contributed by atoms with E-state index in [9.17, 15) is 0 Å². The summed E-state index contributed by atoms with van der Waals surface area (Å²) in [5.41, 5.74) is 0. The molecule has 8 heavy (non-hydrogen) atoms. The van der Waals surface area contributed by atoms with Crippen molar-refractivity contribution in [1.82, 2.24) is 0 Å². The van der Waals surface area contributed by atoms with E-state index in [0.29, 0.717) is 0 Å². The minimum atomic E-state index is -0.250. The molecule has 0 rings (SSSR count). The van der Waals surface area contributed by atoms with Crippen molar-refractivity contribution in [2.45, 2.75) is 6.92 Å². The molecule has 0 aromatic heterocycles. The van der Waals surface area contributed by atoms with Crippen LogP contribution < -0.4 is 0 Å². The molecule has 0 aliphatic heterocycles. The zero-order valence-electron chi connectivity index (χ0n) is 4.53. The lowest BCUT2D eigenvalue weighted by Crippen LogP contribution is -1.49. The summed E-state index contributed by atoms with van der Waals surface area (Å²) in [6.07, 6.45) is 0.750. The number of aldehydes is 1. The molecule has 0 saturated carbocycles. The highest BCUT2D eigenvalue weighted by atomic mass is 16.3. The Morgan fingerprint density at radius 1 is 1.38 bits per heavy atom. The van der Waals surface area contributed by atoms with Crippen molar-refractivity contribution in [3.05, 3.63) is 0 Å². The van der Waals surface area contributed by atoms with E-state index in [1.54, 1.807) is 0 Å². The van der Waals surface area contributed by atoms with Gasteiger partial charge >= 0.3 is 0 Å². The van der Waals surface area contributed by atoms with Crippen LogP contribution in [-0.2, 0) is 14.4 Å². The van der Waals surface area contributed by atoms with E-state index in [-0.39, 0.29) is 6.47 Å². The van der Waals surface area contributed by atoms with Gasteiger partial charge in [-0.25, -0.2) is 0 Å². The average Bonchev–Trinajstić information content (AvgIpc) is 1.75. The lowest BCUT2D eigenvalue weighted by atomic mass is 11.0. The second-order valence-electron chi connectivity index (χ2n) is 0.341. The number of hydrogen-bond acceptors (Lipinski definition) is 3. The fraction of sp³-hybridized carbons (Fsp3) is 0.250. The smallest absolute Gasteiger partial charge is 0.290 e. The maximum Gasteiger partial charge on any atom is 0.290 e. The van der Waals surface area contributed by atoms with Crippen LogP contribution in [0.15, 0.2) is 0 Å². The predicted molar refractivity (Wildman–Crippen MR) is 27.6 cm³/mol. The first-order valence-corrected chi connectivity index (χ1v) is 1.60. The molecule has 0 bridgehead atoms. The fourth-order valence-corrected chi connectivity index (χ4v) is 0. The summed E-state index contributed by atoms with van der Waals surface area (Å²) >= 11 is 0. The molecule has 0 spiro atoms. The van der Waals surface area contributed by atoms with Crippen LogP contribution in [0.4, 0.5) is 0 Å². The Labute approximate surface area is 47.1 Å². The SMILES string of the molecule is C=O.CC=O.O=CO. The fourth-order valence-electron chi connectivity index (χ4n) is 0. The van der Waals surface area contributed by atoms with Crippen molar-refractivity contribution >= 4 is 19.5 Å². The number of rotatable bonds is 0. The zero-order valence-corrected chi connectivity index (χ0v) is 4.53. The van der Waals surface area contributed by atoms with Gasteiger partial charge in [0.15, 0.2) is 0 Å². The largest absolute Gasteiger partial charge is 0.483 e. The second kappa shape index (κ2) is 205. The molecule has 0 amide bonds. The van der Waals surface area contributed by atoms with Crippen molar-refractivity contribution in [2.75, 3.05) is 0 Å². The molecule has 0 aromatic rings. The van der Waals surface area contributed by atoms with Gasteiger partial charge in [-0.05, 0) is 6.92 Å². The first-order valence-electron chi connectivity index (χ1n) is 1.60. The molecule has 1 N–H and O–H groups in total. The van der Waals surface area contributed by atoms with Crippen LogP contribution in [0.5, 0.6) is 0 Å². The highest BCUT2D eigenvalue weighted by Crippen LogP contribution is 1.13. The lowest BCUT2D eigenvalue weighted by molar-refractivity contribution is -0.122. The van der Waals surface area contributed by atoms with E-state index >= 15 is 0 Å². The monoisotopic (exact) mass is 120 g/mol. The Balaban J connectivity index is -0.0000000483. The van der Waals surface area contributed by atoms with Crippen LogP contribution in [0.2, 0.25) is 0 Å². The second-order valence-corrected chi connectivity index (χ2v) is 0.341. The molecule has 0 aliphatic rings. The first kappa shape index (κ1) is 15.8. The minimum Gasteiger partial charge on any atom is -0.483 e. The summed E-state index contributed by atoms with van der Waals surface area (Å²) in [6, 6.07) is 0. The van der Waals surface area contributed by atoms with Gasteiger partial charge in [0.05, 0.1) is 0 Å². The highest BCUT2D eigenvalue weighted by molar-refractivity contribution is 5.44. The summed E-state index contributed by atoms with van der Waals surface area (Å²) in [5.74, 6) is 0. The van der Waals surface area contributed by atoms with Crippen LogP contribution in [0.3, 0.4) is 0 Å². The topological polar surface area (TPSA) is 71.4 Å². The molecule has 4 nitrogen and oxygen atoms in total. The minimum absolute atomic E-state index is 0.250. The summed E-state index contributed by atoms with van der Waals surface area (Å²) in [4.78, 5) is 25.2. The molecule has 0 atom stereocenters. The molecule has 0 unspecified atom stereocenters. The van der Waals surface area contributed by atoms with Gasteiger partial charge < -0.3 is 14.7 Å². The predicted octanol–water partition coefficient (Wildman–Crippen LogP) is -0.279. The van der Waals surface area contributed by atoms with E-state index in [4.69, 9.17) is 19.5 Å². The molecule has 0 saturated heterocycles. The molecule has 0 aliphatic carbocycles. The lowest BCUT2D eigenvalue weighted by Gasteiger charge is -1.34. The van der Waals surface area contributed by atoms with Crippen molar-refractivity contribution in [1.29, 1.82) is 0 Å². The first-order chi connectivity index (χ1) is 3.83. The van der Waals surface area contributed by atoms with Gasteiger partial charge in [0.2, 0.25) is 0 Å². The van der Waals surface area contributed by atoms with E-state index < -0.39 is 0 Å². The van der Waals surface area contributed by atoms with Gasteiger partial charge in [0.25, 0.3) is 6.47 Å². The standard InChI is InChI=1S/C2H4O.CH2O2.CH2O/c1-2-3;2-1-3;1-2/h2H,1H3;1H,(H,2,3);1H2. The third-order valence-electron chi connectivity index (χ3n) is 0. The maximum atomic E-state index is 8.81. The summed E-state index contributed by atoms with van der Waals surface area (Å²) in [5, 5.41) is 6.89. The number of carbonyl (C=O) groups is 3. The Hall–Kier alpha value is -1.19. The Morgan fingerprint density at radius 3 is 1.38 bits per heavy atom. The number of carbonyl (C=O) groups excluding carboxylic acids is 2. The molecule has 0 radical (unpaired) electrons. The molecule has 0 aromatic carbocycles. The van der Waals surface area contributed by atoms with Gasteiger partial charge in [0, 0.05) is 0 Å². The quantitative estimate of drug-likeness (QED) is 0.446. The highest BCUT2D eigenvalue weighted by Gasteiger charge is 1.24. The summed E-state index contributed by atoms with van der Waals surface area (Å²) in [7, 11) is 0. The van der Waals surface area contributed by atoms with Crippen LogP contribution in [0, 0.1) is 0 Å². The number of carboxylic acid groups (broad SMARTS) is 1. The summed E-state index contributed by atoms with van der Waals surface area (Å²) < 4.78 is 0. The van der Waals surface area contributed by atoms with Gasteiger partial charge in [-0.1, -0.05) is 0 Å². The van der Waals surface area contributed by atoms with Crippen LogP contribution in [0.1, 0.15) is 6.92 Å². The van der Waals surface area contributed by atoms with Crippen molar-refractivity contribution in [3.63, 3.8) is 0 Å². The zero-order chi connectivity index (χ0) is 7.41. The maximum absolute atomic E-state index is 8.81. The van der Waals surface area contributed by atoms with Crippen LogP contribution in [0.25, 0.3) is 0 Å². The van der Waals surface area contributed by atoms with Gasteiger partial charge in [-0.15, -0.1) is 0 Å². The van der Waals surface area contributed by atoms with Gasteiger partial charge in [-0.3, -0.25) is 4.79 Å². The van der Waals surface area contributed by atoms with E-state index in [0.717, 1.165) is 6.29 Å².